The average molecular weight is 292 g/mol. The molecule has 0 aromatic heterocycles. The lowest BCUT2D eigenvalue weighted by atomic mass is 9.98. The van der Waals surface area contributed by atoms with Crippen LogP contribution in [0.3, 0.4) is 0 Å². The van der Waals surface area contributed by atoms with E-state index in [1.54, 1.807) is 6.92 Å². The van der Waals surface area contributed by atoms with E-state index in [-0.39, 0.29) is 6.03 Å². The van der Waals surface area contributed by atoms with Gasteiger partial charge in [0.15, 0.2) is 0 Å². The monoisotopic (exact) mass is 292 g/mol. The number of aliphatic carboxylic acids is 1. The van der Waals surface area contributed by atoms with Crippen LogP contribution in [0.4, 0.5) is 4.79 Å². The number of carbonyl (C=O) groups excluding carboxylic acids is 1. The van der Waals surface area contributed by atoms with Crippen molar-refractivity contribution in [3.63, 3.8) is 0 Å². The third-order valence-corrected chi connectivity index (χ3v) is 3.52. The van der Waals surface area contributed by atoms with Crippen LogP contribution in [0.1, 0.15) is 38.2 Å². The lowest BCUT2D eigenvalue weighted by molar-refractivity contribution is -0.141. The second-order valence-electron chi connectivity index (χ2n) is 5.31. The van der Waals surface area contributed by atoms with Crippen molar-refractivity contribution < 1.29 is 14.7 Å². The molecule has 0 fully saturated rings. The molecule has 5 nitrogen and oxygen atoms in total. The van der Waals surface area contributed by atoms with Crippen LogP contribution in [-0.2, 0) is 4.79 Å². The van der Waals surface area contributed by atoms with E-state index in [0.29, 0.717) is 25.4 Å². The number of rotatable bonds is 8. The highest BCUT2D eigenvalue weighted by molar-refractivity contribution is 5.74. The molecule has 116 valence electrons. The van der Waals surface area contributed by atoms with Crippen LogP contribution in [0.5, 0.6) is 0 Å². The van der Waals surface area contributed by atoms with Crippen LogP contribution in [0.15, 0.2) is 30.3 Å². The summed E-state index contributed by atoms with van der Waals surface area (Å²) in [5, 5.41) is 14.2. The van der Waals surface area contributed by atoms with Crippen LogP contribution < -0.4 is 10.6 Å². The Morgan fingerprint density at radius 1 is 1.05 bits per heavy atom. The average Bonchev–Trinajstić information content (AvgIpc) is 2.47. The zero-order valence-electron chi connectivity index (χ0n) is 12.6. The first kappa shape index (κ1) is 17.0. The number of benzene rings is 1. The molecule has 0 heterocycles. The number of carbonyl (C=O) groups is 2. The Kier molecular flexibility index (Phi) is 7.29. The first-order valence-electron chi connectivity index (χ1n) is 7.30. The quantitative estimate of drug-likeness (QED) is 0.689. The predicted octanol–water partition coefficient (Wildman–Crippen LogP) is 2.59. The Hall–Kier alpha value is -2.04. The fourth-order valence-electron chi connectivity index (χ4n) is 1.94. The van der Waals surface area contributed by atoms with Gasteiger partial charge >= 0.3 is 12.0 Å². The summed E-state index contributed by atoms with van der Waals surface area (Å²) < 4.78 is 0. The second kappa shape index (κ2) is 9.00. The van der Waals surface area contributed by atoms with Gasteiger partial charge in [0.05, 0.1) is 5.92 Å². The molecule has 0 spiro atoms. The molecule has 2 amide bonds. The van der Waals surface area contributed by atoms with Gasteiger partial charge < -0.3 is 15.7 Å². The van der Waals surface area contributed by atoms with Crippen molar-refractivity contribution in [1.82, 2.24) is 10.6 Å². The number of carboxylic acid groups (broad SMARTS) is 1. The van der Waals surface area contributed by atoms with Crippen molar-refractivity contribution in [2.24, 2.45) is 5.92 Å². The van der Waals surface area contributed by atoms with E-state index in [0.717, 1.165) is 6.42 Å². The summed E-state index contributed by atoms with van der Waals surface area (Å²) in [7, 11) is 0. The van der Waals surface area contributed by atoms with Crippen LogP contribution in [0, 0.1) is 5.92 Å². The lowest BCUT2D eigenvalue weighted by Crippen LogP contribution is -2.37. The maximum atomic E-state index is 11.5. The summed E-state index contributed by atoms with van der Waals surface area (Å²) in [4.78, 5) is 22.2. The molecule has 0 saturated heterocycles. The highest BCUT2D eigenvalue weighted by atomic mass is 16.4. The molecule has 1 aromatic rings. The molecule has 0 aliphatic heterocycles. The van der Waals surface area contributed by atoms with Crippen molar-refractivity contribution in [2.75, 3.05) is 13.1 Å². The predicted molar refractivity (Wildman–Crippen MR) is 82.3 cm³/mol. The molecule has 21 heavy (non-hydrogen) atoms. The Labute approximate surface area is 125 Å². The largest absolute Gasteiger partial charge is 0.481 e. The first-order chi connectivity index (χ1) is 10.0. The van der Waals surface area contributed by atoms with E-state index >= 15 is 0 Å². The normalized spacial score (nSPS) is 13.2. The summed E-state index contributed by atoms with van der Waals surface area (Å²) in [5.74, 6) is -0.893. The van der Waals surface area contributed by atoms with Crippen molar-refractivity contribution >= 4 is 12.0 Å². The van der Waals surface area contributed by atoms with Gasteiger partial charge in [-0.1, -0.05) is 44.2 Å². The van der Waals surface area contributed by atoms with Gasteiger partial charge in [-0.2, -0.15) is 0 Å². The van der Waals surface area contributed by atoms with Crippen molar-refractivity contribution in [3.8, 4) is 0 Å². The molecule has 5 heteroatoms. The molecule has 1 aromatic carbocycles. The minimum Gasteiger partial charge on any atom is -0.481 e. The molecule has 0 aliphatic rings. The van der Waals surface area contributed by atoms with Gasteiger partial charge in [-0.15, -0.1) is 0 Å². The summed E-state index contributed by atoms with van der Waals surface area (Å²) >= 11 is 0. The third kappa shape index (κ3) is 6.79. The SMILES string of the molecule is CC(CCNC(=O)NCCC(C)c1ccccc1)C(=O)O. The number of amides is 2. The van der Waals surface area contributed by atoms with E-state index in [2.05, 4.69) is 29.7 Å². The van der Waals surface area contributed by atoms with Crippen molar-refractivity contribution in [3.05, 3.63) is 35.9 Å². The number of hydrogen-bond acceptors (Lipinski definition) is 2. The first-order valence-corrected chi connectivity index (χ1v) is 7.30. The smallest absolute Gasteiger partial charge is 0.314 e. The Balaban J connectivity index is 2.15. The van der Waals surface area contributed by atoms with E-state index in [1.807, 2.05) is 18.2 Å². The molecular formula is C16H24N2O3. The fraction of sp³-hybridized carbons (Fsp3) is 0.500. The Bertz CT molecular complexity index is 448. The molecule has 0 radical (unpaired) electrons. The van der Waals surface area contributed by atoms with E-state index in [4.69, 9.17) is 5.11 Å². The van der Waals surface area contributed by atoms with Gasteiger partial charge in [0.2, 0.25) is 0 Å². The van der Waals surface area contributed by atoms with Crippen molar-refractivity contribution in [1.29, 1.82) is 0 Å². The number of carboxylic acids is 1. The van der Waals surface area contributed by atoms with Crippen molar-refractivity contribution in [2.45, 2.75) is 32.6 Å². The van der Waals surface area contributed by atoms with Crippen LogP contribution in [-0.4, -0.2) is 30.2 Å². The lowest BCUT2D eigenvalue weighted by Gasteiger charge is -2.13. The number of hydrogen-bond donors (Lipinski definition) is 3. The van der Waals surface area contributed by atoms with Gasteiger partial charge in [0.1, 0.15) is 0 Å². The summed E-state index contributed by atoms with van der Waals surface area (Å²) in [5.41, 5.74) is 1.26. The summed E-state index contributed by atoms with van der Waals surface area (Å²) in [6.07, 6.45) is 1.30. The van der Waals surface area contributed by atoms with E-state index < -0.39 is 11.9 Å². The van der Waals surface area contributed by atoms with Gasteiger partial charge in [-0.05, 0) is 24.3 Å². The number of nitrogens with one attached hydrogen (secondary N) is 2. The Morgan fingerprint density at radius 2 is 1.62 bits per heavy atom. The molecular weight excluding hydrogens is 268 g/mol. The molecule has 0 aliphatic carbocycles. The molecule has 2 atom stereocenters. The zero-order chi connectivity index (χ0) is 15.7. The fourth-order valence-corrected chi connectivity index (χ4v) is 1.94. The maximum Gasteiger partial charge on any atom is 0.314 e. The molecule has 0 bridgehead atoms. The standard InChI is InChI=1S/C16H24N2O3/c1-12(14-6-4-3-5-7-14)8-10-17-16(21)18-11-9-13(2)15(19)20/h3-7,12-13H,8-11H2,1-2H3,(H,19,20)(H2,17,18,21). The molecule has 0 saturated carbocycles. The van der Waals surface area contributed by atoms with Gasteiger partial charge in [0.25, 0.3) is 0 Å². The minimum absolute atomic E-state index is 0.243. The van der Waals surface area contributed by atoms with E-state index in [1.165, 1.54) is 5.56 Å². The van der Waals surface area contributed by atoms with Crippen LogP contribution in [0.25, 0.3) is 0 Å². The van der Waals surface area contributed by atoms with Gasteiger partial charge in [-0.25, -0.2) is 4.79 Å². The van der Waals surface area contributed by atoms with Crippen LogP contribution in [0.2, 0.25) is 0 Å². The van der Waals surface area contributed by atoms with E-state index in [9.17, 15) is 9.59 Å². The molecule has 3 N–H and O–H groups in total. The summed E-state index contributed by atoms with van der Waals surface area (Å²) in [6, 6.07) is 9.93. The molecule has 2 unspecified atom stereocenters. The van der Waals surface area contributed by atoms with Gasteiger partial charge in [0, 0.05) is 13.1 Å². The zero-order valence-corrected chi connectivity index (χ0v) is 12.6. The highest BCUT2D eigenvalue weighted by Gasteiger charge is 2.11. The summed E-state index contributed by atoms with van der Waals surface area (Å²) in [6.45, 7) is 4.72. The highest BCUT2D eigenvalue weighted by Crippen LogP contribution is 2.17. The van der Waals surface area contributed by atoms with Crippen LogP contribution >= 0.6 is 0 Å². The number of urea groups is 1. The maximum absolute atomic E-state index is 11.5. The third-order valence-electron chi connectivity index (χ3n) is 3.52. The topological polar surface area (TPSA) is 78.4 Å². The molecule has 1 rings (SSSR count). The minimum atomic E-state index is -0.839. The Morgan fingerprint density at radius 3 is 2.19 bits per heavy atom. The van der Waals surface area contributed by atoms with Gasteiger partial charge in [-0.3, -0.25) is 4.79 Å². The second-order valence-corrected chi connectivity index (χ2v) is 5.31.